The van der Waals surface area contributed by atoms with Gasteiger partial charge in [-0.25, -0.2) is 0 Å². The normalized spacial score (nSPS) is 23.3. The number of hydrogen-bond donors (Lipinski definition) is 2. The quantitative estimate of drug-likeness (QED) is 0.630. The molecule has 0 aliphatic heterocycles. The van der Waals surface area contributed by atoms with E-state index in [9.17, 15) is 4.21 Å². The van der Waals surface area contributed by atoms with Crippen LogP contribution < -0.4 is 10.6 Å². The van der Waals surface area contributed by atoms with E-state index in [0.717, 1.165) is 48.0 Å². The molecule has 0 aromatic heterocycles. The Morgan fingerprint density at radius 3 is 2.87 bits per heavy atom. The maximum absolute atomic E-state index is 12.0. The topological polar surface area (TPSA) is 53.5 Å². The van der Waals surface area contributed by atoms with Crippen molar-refractivity contribution in [3.63, 3.8) is 0 Å². The number of benzene rings is 1. The summed E-state index contributed by atoms with van der Waals surface area (Å²) in [5, 5.41) is 7.85. The Morgan fingerprint density at radius 2 is 2.17 bits per heavy atom. The lowest BCUT2D eigenvalue weighted by Crippen LogP contribution is -2.46. The number of nitrogens with one attached hydrogen (secondary N) is 2. The maximum atomic E-state index is 12.0. The molecule has 2 rings (SSSR count). The van der Waals surface area contributed by atoms with Gasteiger partial charge in [-0.05, 0) is 30.9 Å². The van der Waals surface area contributed by atoms with Crippen LogP contribution in [0.1, 0.15) is 38.2 Å². The molecule has 3 unspecified atom stereocenters. The summed E-state index contributed by atoms with van der Waals surface area (Å²) in [6, 6.07) is 8.13. The highest BCUT2D eigenvalue weighted by Crippen LogP contribution is 2.23. The van der Waals surface area contributed by atoms with Crippen molar-refractivity contribution < 1.29 is 4.21 Å². The summed E-state index contributed by atoms with van der Waals surface area (Å²) in [6.45, 7) is 2.63. The molecular weight excluding hydrogens is 330 g/mol. The maximum Gasteiger partial charge on any atom is 0.191 e. The van der Waals surface area contributed by atoms with E-state index in [1.807, 2.05) is 31.2 Å². The fourth-order valence-electron chi connectivity index (χ4n) is 2.96. The largest absolute Gasteiger partial charge is 0.354 e. The number of guanidine groups is 1. The summed E-state index contributed by atoms with van der Waals surface area (Å²) < 4.78 is 12.0. The third kappa shape index (κ3) is 5.50. The molecule has 0 heterocycles. The zero-order valence-electron chi connectivity index (χ0n) is 13.8. The summed E-state index contributed by atoms with van der Waals surface area (Å²) in [5.41, 5.74) is 1.05. The van der Waals surface area contributed by atoms with Crippen molar-refractivity contribution in [2.24, 2.45) is 4.99 Å². The number of rotatable bonds is 5. The van der Waals surface area contributed by atoms with Gasteiger partial charge in [-0.2, -0.15) is 0 Å². The molecule has 6 heteroatoms. The minimum Gasteiger partial charge on any atom is -0.354 e. The van der Waals surface area contributed by atoms with Gasteiger partial charge in [0.1, 0.15) is 0 Å². The second-order valence-corrected chi connectivity index (χ2v) is 8.23. The predicted molar refractivity (Wildman–Crippen MR) is 99.5 cm³/mol. The van der Waals surface area contributed by atoms with E-state index in [4.69, 9.17) is 11.6 Å². The van der Waals surface area contributed by atoms with Crippen LogP contribution in [0.4, 0.5) is 0 Å². The van der Waals surface area contributed by atoms with E-state index in [-0.39, 0.29) is 0 Å². The predicted octanol–water partition coefficient (Wildman–Crippen LogP) is 3.08. The van der Waals surface area contributed by atoms with E-state index < -0.39 is 10.8 Å². The summed E-state index contributed by atoms with van der Waals surface area (Å²) in [6.07, 6.45) is 4.25. The van der Waals surface area contributed by atoms with E-state index >= 15 is 0 Å². The SMILES string of the molecule is CCS(=O)C1CCCC(NC(=NC)NCc2ccccc2Cl)C1. The third-order valence-electron chi connectivity index (χ3n) is 4.25. The minimum atomic E-state index is -0.705. The summed E-state index contributed by atoms with van der Waals surface area (Å²) in [7, 11) is 1.07. The van der Waals surface area contributed by atoms with Crippen LogP contribution in [0.2, 0.25) is 5.02 Å². The number of aliphatic imine (C=N–C) groups is 1. The molecule has 23 heavy (non-hydrogen) atoms. The second-order valence-electron chi connectivity index (χ2n) is 5.82. The first-order chi connectivity index (χ1) is 11.1. The highest BCUT2D eigenvalue weighted by Gasteiger charge is 2.25. The molecule has 1 aromatic rings. The zero-order chi connectivity index (χ0) is 16.7. The van der Waals surface area contributed by atoms with Gasteiger partial charge < -0.3 is 10.6 Å². The van der Waals surface area contributed by atoms with Crippen LogP contribution in [0.15, 0.2) is 29.3 Å². The van der Waals surface area contributed by atoms with Crippen molar-refractivity contribution in [2.45, 2.75) is 50.4 Å². The molecule has 128 valence electrons. The van der Waals surface area contributed by atoms with Gasteiger partial charge >= 0.3 is 0 Å². The van der Waals surface area contributed by atoms with Crippen molar-refractivity contribution in [1.29, 1.82) is 0 Å². The Labute approximate surface area is 146 Å². The smallest absolute Gasteiger partial charge is 0.191 e. The molecule has 0 saturated heterocycles. The third-order valence-corrected chi connectivity index (χ3v) is 6.36. The van der Waals surface area contributed by atoms with Crippen molar-refractivity contribution in [2.75, 3.05) is 12.8 Å². The van der Waals surface area contributed by atoms with Crippen molar-refractivity contribution in [1.82, 2.24) is 10.6 Å². The first kappa shape index (κ1) is 18.3. The lowest BCUT2D eigenvalue weighted by Gasteiger charge is -2.30. The Morgan fingerprint density at radius 1 is 1.39 bits per heavy atom. The summed E-state index contributed by atoms with van der Waals surface area (Å²) >= 11 is 6.18. The van der Waals surface area contributed by atoms with E-state index in [1.165, 1.54) is 0 Å². The molecule has 1 fully saturated rings. The number of halogens is 1. The lowest BCUT2D eigenvalue weighted by molar-refractivity contribution is 0.413. The molecule has 1 aromatic carbocycles. The van der Waals surface area contributed by atoms with Gasteiger partial charge in [0.2, 0.25) is 0 Å². The van der Waals surface area contributed by atoms with Crippen molar-refractivity contribution >= 4 is 28.4 Å². The van der Waals surface area contributed by atoms with Gasteiger partial charge in [0.05, 0.1) is 0 Å². The van der Waals surface area contributed by atoms with E-state index in [2.05, 4.69) is 15.6 Å². The van der Waals surface area contributed by atoms with Crippen LogP contribution in [-0.4, -0.2) is 34.3 Å². The fourth-order valence-corrected chi connectivity index (χ4v) is 4.51. The van der Waals surface area contributed by atoms with Gasteiger partial charge in [0.25, 0.3) is 0 Å². The molecule has 0 radical (unpaired) electrons. The van der Waals surface area contributed by atoms with Gasteiger partial charge in [-0.1, -0.05) is 43.1 Å². The minimum absolute atomic E-state index is 0.313. The van der Waals surface area contributed by atoms with Crippen LogP contribution >= 0.6 is 11.6 Å². The molecule has 0 bridgehead atoms. The number of nitrogens with zero attached hydrogens (tertiary/aromatic N) is 1. The Hall–Kier alpha value is -1.07. The van der Waals surface area contributed by atoms with Gasteiger partial charge in [-0.3, -0.25) is 9.20 Å². The molecule has 0 spiro atoms. The first-order valence-corrected chi connectivity index (χ1v) is 9.97. The number of hydrogen-bond acceptors (Lipinski definition) is 2. The molecular formula is C17H26ClN3OS. The van der Waals surface area contributed by atoms with Crippen LogP contribution in [0.3, 0.4) is 0 Å². The molecule has 2 N–H and O–H groups in total. The Bertz CT molecular complexity index is 565. The highest BCUT2D eigenvalue weighted by atomic mass is 35.5. The summed E-state index contributed by atoms with van der Waals surface area (Å²) in [4.78, 5) is 4.29. The Kier molecular flexibility index (Phi) is 7.37. The van der Waals surface area contributed by atoms with Gasteiger partial charge in [0.15, 0.2) is 5.96 Å². The lowest BCUT2D eigenvalue weighted by atomic mass is 9.95. The molecule has 4 nitrogen and oxygen atoms in total. The molecule has 1 aliphatic rings. The van der Waals surface area contributed by atoms with Crippen LogP contribution in [0.5, 0.6) is 0 Å². The zero-order valence-corrected chi connectivity index (χ0v) is 15.4. The molecule has 0 amide bonds. The van der Waals surface area contributed by atoms with Crippen molar-refractivity contribution in [3.05, 3.63) is 34.9 Å². The average Bonchev–Trinajstić information content (AvgIpc) is 2.59. The van der Waals surface area contributed by atoms with Crippen molar-refractivity contribution in [3.8, 4) is 0 Å². The Balaban J connectivity index is 1.87. The van der Waals surface area contributed by atoms with Gasteiger partial charge in [-0.15, -0.1) is 0 Å². The second kappa shape index (κ2) is 9.28. The summed E-state index contributed by atoms with van der Waals surface area (Å²) in [5.74, 6) is 1.52. The van der Waals surface area contributed by atoms with Crippen LogP contribution in [0, 0.1) is 0 Å². The van der Waals surface area contributed by atoms with E-state index in [0.29, 0.717) is 17.8 Å². The molecule has 1 aliphatic carbocycles. The fraction of sp³-hybridized carbons (Fsp3) is 0.588. The molecule has 3 atom stereocenters. The molecule has 1 saturated carbocycles. The average molecular weight is 356 g/mol. The highest BCUT2D eigenvalue weighted by molar-refractivity contribution is 7.85. The van der Waals surface area contributed by atoms with Crippen LogP contribution in [-0.2, 0) is 17.3 Å². The van der Waals surface area contributed by atoms with Crippen LogP contribution in [0.25, 0.3) is 0 Å². The standard InChI is InChI=1S/C17H26ClN3OS/c1-3-23(22)15-9-6-8-14(11-15)21-17(19-2)20-12-13-7-4-5-10-16(13)18/h4-5,7,10,14-15H,3,6,8-9,11-12H2,1-2H3,(H2,19,20,21). The van der Waals surface area contributed by atoms with E-state index in [1.54, 1.807) is 7.05 Å². The monoisotopic (exact) mass is 355 g/mol. The van der Waals surface area contributed by atoms with Gasteiger partial charge in [0, 0.05) is 46.5 Å². The first-order valence-electron chi connectivity index (χ1n) is 8.21.